The van der Waals surface area contributed by atoms with Gasteiger partial charge in [-0.3, -0.25) is 9.78 Å². The van der Waals surface area contributed by atoms with Crippen LogP contribution >= 0.6 is 24.8 Å². The molecule has 0 saturated carbocycles. The van der Waals surface area contributed by atoms with E-state index in [0.717, 1.165) is 13.1 Å². The molecule has 0 bridgehead atoms. The Morgan fingerprint density at radius 3 is 2.86 bits per heavy atom. The van der Waals surface area contributed by atoms with Crippen LogP contribution in [0.25, 0.3) is 0 Å². The van der Waals surface area contributed by atoms with E-state index in [1.54, 1.807) is 30.5 Å². The largest absolute Gasteiger partial charge is 0.453 e. The van der Waals surface area contributed by atoms with Crippen molar-refractivity contribution in [1.82, 2.24) is 15.6 Å². The average molecular weight is 444 g/mol. The number of carbonyl (C=O) groups excluding carboxylic acids is 1. The van der Waals surface area contributed by atoms with Crippen molar-refractivity contribution >= 4 is 30.7 Å². The summed E-state index contributed by atoms with van der Waals surface area (Å²) in [6.07, 6.45) is 5.99. The van der Waals surface area contributed by atoms with E-state index in [1.807, 2.05) is 0 Å². The van der Waals surface area contributed by atoms with Crippen molar-refractivity contribution in [3.63, 3.8) is 0 Å². The summed E-state index contributed by atoms with van der Waals surface area (Å²) in [6, 6.07) is 8.15. The van der Waals surface area contributed by atoms with E-state index in [2.05, 4.69) is 22.5 Å². The van der Waals surface area contributed by atoms with Crippen molar-refractivity contribution in [1.29, 1.82) is 0 Å². The average Bonchev–Trinajstić information content (AvgIpc) is 2.70. The summed E-state index contributed by atoms with van der Waals surface area (Å²) in [4.78, 5) is 16.1. The first kappa shape index (κ1) is 25.1. The zero-order chi connectivity index (χ0) is 19.1. The van der Waals surface area contributed by atoms with Gasteiger partial charge in [-0.05, 0) is 67.6 Å². The molecule has 2 atom stereocenters. The van der Waals surface area contributed by atoms with E-state index < -0.39 is 5.82 Å². The Hall–Kier alpha value is -1.89. The lowest BCUT2D eigenvalue weighted by Crippen LogP contribution is -2.35. The molecule has 5 nitrogen and oxygen atoms in total. The first-order chi connectivity index (χ1) is 13.1. The molecule has 8 heteroatoms. The molecule has 0 radical (unpaired) electrons. The molecular weight excluding hydrogens is 416 g/mol. The number of pyridine rings is 1. The van der Waals surface area contributed by atoms with Crippen molar-refractivity contribution in [3.05, 3.63) is 54.1 Å². The monoisotopic (exact) mass is 443 g/mol. The smallest absolute Gasteiger partial charge is 0.220 e. The number of hydrogen-bond donors (Lipinski definition) is 2. The highest BCUT2D eigenvalue weighted by Gasteiger charge is 2.21. The van der Waals surface area contributed by atoms with Crippen molar-refractivity contribution in [3.8, 4) is 11.5 Å². The van der Waals surface area contributed by atoms with Gasteiger partial charge >= 0.3 is 0 Å². The van der Waals surface area contributed by atoms with Crippen LogP contribution in [0.2, 0.25) is 0 Å². The van der Waals surface area contributed by atoms with Gasteiger partial charge in [0.05, 0.1) is 6.20 Å². The van der Waals surface area contributed by atoms with Crippen molar-refractivity contribution in [2.75, 3.05) is 13.1 Å². The highest BCUT2D eigenvalue weighted by Crippen LogP contribution is 2.25. The number of nitrogens with one attached hydrogen (secondary N) is 2. The minimum atomic E-state index is -0.466. The lowest BCUT2D eigenvalue weighted by molar-refractivity contribution is -0.122. The van der Waals surface area contributed by atoms with E-state index in [-0.39, 0.29) is 36.5 Å². The maximum atomic E-state index is 14.2. The molecule has 1 aliphatic rings. The van der Waals surface area contributed by atoms with Gasteiger partial charge < -0.3 is 15.4 Å². The standard InChI is InChI=1S/C21H26FN3O2.2ClH/c1-15(17-4-2-8-23-13-17)10-21(26)25-12-16-6-7-20(19(22)11-16)27-18-5-3-9-24-14-18;;/h3,5-7,9,11,14-15,17,23H,2,4,8,10,12-13H2,1H3,(H,25,26);2*1H. The van der Waals surface area contributed by atoms with Gasteiger partial charge in [0.25, 0.3) is 0 Å². The van der Waals surface area contributed by atoms with Gasteiger partial charge in [0, 0.05) is 19.2 Å². The summed E-state index contributed by atoms with van der Waals surface area (Å²) < 4.78 is 19.7. The molecular formula is C21H28Cl2FN3O2. The van der Waals surface area contributed by atoms with Gasteiger partial charge in [0.15, 0.2) is 11.6 Å². The van der Waals surface area contributed by atoms with Crippen LogP contribution in [0.5, 0.6) is 11.5 Å². The summed E-state index contributed by atoms with van der Waals surface area (Å²) in [5, 5.41) is 6.28. The highest BCUT2D eigenvalue weighted by atomic mass is 35.5. The van der Waals surface area contributed by atoms with Crippen LogP contribution in [-0.4, -0.2) is 24.0 Å². The van der Waals surface area contributed by atoms with Crippen molar-refractivity contribution in [2.45, 2.75) is 32.7 Å². The Labute approximate surface area is 183 Å². The zero-order valence-corrected chi connectivity index (χ0v) is 18.0. The van der Waals surface area contributed by atoms with Crippen LogP contribution in [0.15, 0.2) is 42.7 Å². The van der Waals surface area contributed by atoms with Gasteiger partial charge in [0.1, 0.15) is 5.75 Å². The molecule has 2 unspecified atom stereocenters. The van der Waals surface area contributed by atoms with Crippen LogP contribution in [0.4, 0.5) is 4.39 Å². The first-order valence-corrected chi connectivity index (χ1v) is 9.45. The predicted molar refractivity (Wildman–Crippen MR) is 116 cm³/mol. The molecule has 1 aromatic heterocycles. The van der Waals surface area contributed by atoms with Crippen LogP contribution in [-0.2, 0) is 11.3 Å². The minimum Gasteiger partial charge on any atom is -0.453 e. The number of halogens is 3. The SMILES string of the molecule is CC(CC(=O)NCc1ccc(Oc2cccnc2)c(F)c1)C1CCCNC1.Cl.Cl. The summed E-state index contributed by atoms with van der Waals surface area (Å²) in [6.45, 7) is 4.49. The third-order valence-corrected chi connectivity index (χ3v) is 5.00. The third-order valence-electron chi connectivity index (χ3n) is 5.00. The number of hydrogen-bond acceptors (Lipinski definition) is 4. The van der Waals surface area contributed by atoms with Gasteiger partial charge in [-0.25, -0.2) is 4.39 Å². The minimum absolute atomic E-state index is 0. The molecule has 0 spiro atoms. The Morgan fingerprint density at radius 1 is 1.38 bits per heavy atom. The van der Waals surface area contributed by atoms with E-state index in [4.69, 9.17) is 4.74 Å². The van der Waals surface area contributed by atoms with Crippen molar-refractivity contribution in [2.24, 2.45) is 11.8 Å². The molecule has 1 aliphatic heterocycles. The van der Waals surface area contributed by atoms with E-state index in [9.17, 15) is 9.18 Å². The van der Waals surface area contributed by atoms with Crippen LogP contribution in [0, 0.1) is 17.7 Å². The normalized spacial score (nSPS) is 16.7. The van der Waals surface area contributed by atoms with Gasteiger partial charge in [-0.1, -0.05) is 13.0 Å². The van der Waals surface area contributed by atoms with E-state index in [1.165, 1.54) is 25.1 Å². The molecule has 0 aliphatic carbocycles. The number of ether oxygens (including phenoxy) is 1. The second-order valence-corrected chi connectivity index (χ2v) is 7.12. The topological polar surface area (TPSA) is 63.2 Å². The summed E-state index contributed by atoms with van der Waals surface area (Å²) in [7, 11) is 0. The number of aromatic nitrogens is 1. The third kappa shape index (κ3) is 7.80. The molecule has 3 rings (SSSR count). The maximum Gasteiger partial charge on any atom is 0.220 e. The number of carbonyl (C=O) groups is 1. The fraction of sp³-hybridized carbons (Fsp3) is 0.429. The van der Waals surface area contributed by atoms with Gasteiger partial charge in [-0.15, -0.1) is 24.8 Å². The molecule has 1 fully saturated rings. The number of rotatable bonds is 7. The molecule has 160 valence electrons. The fourth-order valence-electron chi connectivity index (χ4n) is 3.37. The second kappa shape index (κ2) is 12.6. The highest BCUT2D eigenvalue weighted by molar-refractivity contribution is 5.85. The van der Waals surface area contributed by atoms with Crippen LogP contribution in [0.1, 0.15) is 31.7 Å². The molecule has 1 amide bonds. The maximum absolute atomic E-state index is 14.2. The fourth-order valence-corrected chi connectivity index (χ4v) is 3.37. The Morgan fingerprint density at radius 2 is 2.21 bits per heavy atom. The lowest BCUT2D eigenvalue weighted by Gasteiger charge is -2.28. The van der Waals surface area contributed by atoms with Gasteiger partial charge in [-0.2, -0.15) is 0 Å². The molecule has 2 N–H and O–H groups in total. The van der Waals surface area contributed by atoms with E-state index in [0.29, 0.717) is 36.1 Å². The first-order valence-electron chi connectivity index (χ1n) is 9.45. The van der Waals surface area contributed by atoms with Crippen molar-refractivity contribution < 1.29 is 13.9 Å². The number of amides is 1. The Kier molecular flexibility index (Phi) is 10.9. The Balaban J connectivity index is 0.00000210. The zero-order valence-electron chi connectivity index (χ0n) is 16.4. The van der Waals surface area contributed by atoms with E-state index >= 15 is 0 Å². The molecule has 1 saturated heterocycles. The second-order valence-electron chi connectivity index (χ2n) is 7.12. The molecule has 2 heterocycles. The molecule has 2 aromatic rings. The number of piperidine rings is 1. The van der Waals surface area contributed by atoms with Crippen LogP contribution in [0.3, 0.4) is 0 Å². The predicted octanol–water partition coefficient (Wildman–Crippen LogP) is 4.50. The van der Waals surface area contributed by atoms with Crippen LogP contribution < -0.4 is 15.4 Å². The number of nitrogens with zero attached hydrogens (tertiary/aromatic N) is 1. The Bertz CT molecular complexity index is 759. The summed E-state index contributed by atoms with van der Waals surface area (Å²) >= 11 is 0. The lowest BCUT2D eigenvalue weighted by atomic mass is 9.85. The van der Waals surface area contributed by atoms with Gasteiger partial charge in [0.2, 0.25) is 5.91 Å². The quantitative estimate of drug-likeness (QED) is 0.660. The number of benzene rings is 1. The summed E-state index contributed by atoms with van der Waals surface area (Å²) in [5.74, 6) is 1.03. The molecule has 29 heavy (non-hydrogen) atoms. The summed E-state index contributed by atoms with van der Waals surface area (Å²) in [5.41, 5.74) is 0.700. The molecule has 1 aromatic carbocycles.